The van der Waals surface area contributed by atoms with Crippen molar-refractivity contribution in [2.24, 2.45) is 0 Å². The molecule has 0 unspecified atom stereocenters. The number of amides is 1. The minimum atomic E-state index is -0.140. The summed E-state index contributed by atoms with van der Waals surface area (Å²) in [4.78, 5) is 17.3. The fourth-order valence-electron chi connectivity index (χ4n) is 3.32. The number of ether oxygens (including phenoxy) is 1. The third-order valence-corrected chi connectivity index (χ3v) is 4.90. The maximum absolute atomic E-state index is 13.0. The van der Waals surface area contributed by atoms with Gasteiger partial charge in [0.15, 0.2) is 0 Å². The molecule has 3 aromatic carbocycles. The first-order valence-corrected chi connectivity index (χ1v) is 9.76. The van der Waals surface area contributed by atoms with Crippen LogP contribution in [0.25, 0.3) is 11.1 Å². The average Bonchev–Trinajstić information content (AvgIpc) is 2.81. The Morgan fingerprint density at radius 2 is 1.60 bits per heavy atom. The van der Waals surface area contributed by atoms with Crippen molar-refractivity contribution in [3.63, 3.8) is 0 Å². The molecule has 0 aliphatic carbocycles. The second kappa shape index (κ2) is 9.05. The van der Waals surface area contributed by atoms with Crippen LogP contribution in [0.2, 0.25) is 0 Å². The normalized spacial score (nSPS) is 10.4. The predicted molar refractivity (Wildman–Crippen MR) is 120 cm³/mol. The van der Waals surface area contributed by atoms with E-state index in [1.165, 1.54) is 0 Å². The SMILES string of the molecule is COc1ccc(-c2ccccc2C(=O)Nc2ccc(Cc3ccccn3)cc2)cc1. The van der Waals surface area contributed by atoms with Gasteiger partial charge >= 0.3 is 0 Å². The minimum absolute atomic E-state index is 0.140. The third-order valence-electron chi connectivity index (χ3n) is 4.90. The summed E-state index contributed by atoms with van der Waals surface area (Å²) < 4.78 is 5.23. The van der Waals surface area contributed by atoms with Crippen molar-refractivity contribution in [2.75, 3.05) is 12.4 Å². The highest BCUT2D eigenvalue weighted by Gasteiger charge is 2.13. The van der Waals surface area contributed by atoms with Gasteiger partial charge in [0.25, 0.3) is 5.91 Å². The van der Waals surface area contributed by atoms with Crippen molar-refractivity contribution >= 4 is 11.6 Å². The zero-order valence-electron chi connectivity index (χ0n) is 16.7. The monoisotopic (exact) mass is 394 g/mol. The second-order valence-electron chi connectivity index (χ2n) is 6.92. The van der Waals surface area contributed by atoms with E-state index in [0.717, 1.165) is 40.2 Å². The van der Waals surface area contributed by atoms with E-state index in [4.69, 9.17) is 4.74 Å². The summed E-state index contributed by atoms with van der Waals surface area (Å²) in [5.74, 6) is 0.644. The van der Waals surface area contributed by atoms with Gasteiger partial charge in [-0.05, 0) is 59.2 Å². The van der Waals surface area contributed by atoms with Crippen molar-refractivity contribution < 1.29 is 9.53 Å². The summed E-state index contributed by atoms with van der Waals surface area (Å²) in [5, 5.41) is 3.00. The Kier molecular flexibility index (Phi) is 5.85. The van der Waals surface area contributed by atoms with Crippen molar-refractivity contribution in [2.45, 2.75) is 6.42 Å². The molecule has 4 rings (SSSR count). The lowest BCUT2D eigenvalue weighted by molar-refractivity contribution is 0.102. The highest BCUT2D eigenvalue weighted by atomic mass is 16.5. The lowest BCUT2D eigenvalue weighted by Crippen LogP contribution is -2.13. The highest BCUT2D eigenvalue weighted by molar-refractivity contribution is 6.08. The van der Waals surface area contributed by atoms with E-state index in [1.807, 2.05) is 91.0 Å². The molecule has 0 saturated heterocycles. The number of benzene rings is 3. The Balaban J connectivity index is 1.50. The second-order valence-corrected chi connectivity index (χ2v) is 6.92. The molecule has 0 aliphatic rings. The molecule has 1 heterocycles. The lowest BCUT2D eigenvalue weighted by atomic mass is 9.99. The zero-order chi connectivity index (χ0) is 20.8. The first kappa shape index (κ1) is 19.4. The van der Waals surface area contributed by atoms with Crippen molar-refractivity contribution in [3.05, 3.63) is 114 Å². The van der Waals surface area contributed by atoms with Crippen LogP contribution in [-0.2, 0) is 6.42 Å². The number of carbonyl (C=O) groups excluding carboxylic acids is 1. The Hall–Kier alpha value is -3.92. The van der Waals surface area contributed by atoms with Crippen LogP contribution in [0, 0.1) is 0 Å². The van der Waals surface area contributed by atoms with E-state index in [9.17, 15) is 4.79 Å². The number of hydrogen-bond acceptors (Lipinski definition) is 3. The first-order valence-electron chi connectivity index (χ1n) is 9.76. The number of carbonyl (C=O) groups is 1. The lowest BCUT2D eigenvalue weighted by Gasteiger charge is -2.11. The van der Waals surface area contributed by atoms with Gasteiger partial charge in [0.2, 0.25) is 0 Å². The summed E-state index contributed by atoms with van der Waals surface area (Å²) >= 11 is 0. The highest BCUT2D eigenvalue weighted by Crippen LogP contribution is 2.26. The smallest absolute Gasteiger partial charge is 0.256 e. The van der Waals surface area contributed by atoms with E-state index in [2.05, 4.69) is 10.3 Å². The van der Waals surface area contributed by atoms with E-state index in [0.29, 0.717) is 5.56 Å². The fourth-order valence-corrected chi connectivity index (χ4v) is 3.32. The van der Waals surface area contributed by atoms with Crippen LogP contribution < -0.4 is 10.1 Å². The van der Waals surface area contributed by atoms with Gasteiger partial charge in [-0.2, -0.15) is 0 Å². The maximum atomic E-state index is 13.0. The Morgan fingerprint density at radius 3 is 2.30 bits per heavy atom. The quantitative estimate of drug-likeness (QED) is 0.463. The van der Waals surface area contributed by atoms with E-state index in [1.54, 1.807) is 13.3 Å². The van der Waals surface area contributed by atoms with Gasteiger partial charge in [0, 0.05) is 29.6 Å². The van der Waals surface area contributed by atoms with Crippen LogP contribution in [0.3, 0.4) is 0 Å². The van der Waals surface area contributed by atoms with Crippen molar-refractivity contribution in [1.82, 2.24) is 4.98 Å². The molecule has 0 saturated carbocycles. The molecule has 1 amide bonds. The van der Waals surface area contributed by atoms with E-state index in [-0.39, 0.29) is 5.91 Å². The fraction of sp³-hybridized carbons (Fsp3) is 0.0769. The molecule has 148 valence electrons. The molecule has 30 heavy (non-hydrogen) atoms. The van der Waals surface area contributed by atoms with E-state index < -0.39 is 0 Å². The number of hydrogen-bond donors (Lipinski definition) is 1. The summed E-state index contributed by atoms with van der Waals surface area (Å²) in [7, 11) is 1.64. The Morgan fingerprint density at radius 1 is 0.867 bits per heavy atom. The van der Waals surface area contributed by atoms with Crippen molar-refractivity contribution in [1.29, 1.82) is 0 Å². The van der Waals surface area contributed by atoms with Crippen molar-refractivity contribution in [3.8, 4) is 16.9 Å². The van der Waals surface area contributed by atoms with E-state index >= 15 is 0 Å². The number of pyridine rings is 1. The summed E-state index contributed by atoms with van der Waals surface area (Å²) in [6, 6.07) is 29.1. The number of rotatable bonds is 6. The molecule has 1 N–H and O–H groups in total. The molecule has 4 heteroatoms. The molecule has 0 bridgehead atoms. The number of methoxy groups -OCH3 is 1. The summed E-state index contributed by atoms with van der Waals surface area (Å²) in [6.07, 6.45) is 2.56. The molecule has 0 aliphatic heterocycles. The first-order chi connectivity index (χ1) is 14.7. The molecule has 0 fully saturated rings. The standard InChI is InChI=1S/C26H22N2O2/c1-30-23-15-11-20(12-16-23)24-7-2-3-8-25(24)26(29)28-21-13-9-19(10-14-21)18-22-6-4-5-17-27-22/h2-17H,18H2,1H3,(H,28,29). The van der Waals surface area contributed by atoms with Crippen LogP contribution in [0.4, 0.5) is 5.69 Å². The van der Waals surface area contributed by atoms with Crippen LogP contribution in [0.1, 0.15) is 21.6 Å². The molecule has 0 radical (unpaired) electrons. The molecule has 0 atom stereocenters. The molecule has 1 aromatic heterocycles. The summed E-state index contributed by atoms with van der Waals surface area (Å²) in [5.41, 5.74) is 5.39. The minimum Gasteiger partial charge on any atom is -0.497 e. The van der Waals surface area contributed by atoms with Gasteiger partial charge in [0.1, 0.15) is 5.75 Å². The number of nitrogens with zero attached hydrogens (tertiary/aromatic N) is 1. The largest absolute Gasteiger partial charge is 0.497 e. The van der Waals surface area contributed by atoms with Gasteiger partial charge in [-0.1, -0.05) is 48.5 Å². The molecule has 4 nitrogen and oxygen atoms in total. The van der Waals surface area contributed by atoms with Crippen LogP contribution in [-0.4, -0.2) is 18.0 Å². The van der Waals surface area contributed by atoms with Gasteiger partial charge in [-0.3, -0.25) is 9.78 Å². The Labute approximate surface area is 176 Å². The van der Waals surface area contributed by atoms with Crippen LogP contribution >= 0.6 is 0 Å². The number of aromatic nitrogens is 1. The van der Waals surface area contributed by atoms with Gasteiger partial charge < -0.3 is 10.1 Å². The number of nitrogens with one attached hydrogen (secondary N) is 1. The topological polar surface area (TPSA) is 51.2 Å². The molecular weight excluding hydrogens is 372 g/mol. The molecule has 4 aromatic rings. The van der Waals surface area contributed by atoms with Gasteiger partial charge in [-0.25, -0.2) is 0 Å². The third kappa shape index (κ3) is 4.55. The van der Waals surface area contributed by atoms with Crippen LogP contribution in [0.5, 0.6) is 5.75 Å². The Bertz CT molecular complexity index is 1120. The molecule has 0 spiro atoms. The van der Waals surface area contributed by atoms with Gasteiger partial charge in [-0.15, -0.1) is 0 Å². The van der Waals surface area contributed by atoms with Gasteiger partial charge in [0.05, 0.1) is 7.11 Å². The maximum Gasteiger partial charge on any atom is 0.256 e. The average molecular weight is 394 g/mol. The zero-order valence-corrected chi connectivity index (χ0v) is 16.7. The predicted octanol–water partition coefficient (Wildman–Crippen LogP) is 5.60. The number of anilines is 1. The summed E-state index contributed by atoms with van der Waals surface area (Å²) in [6.45, 7) is 0. The molecular formula is C26H22N2O2. The van der Waals surface area contributed by atoms with Crippen LogP contribution in [0.15, 0.2) is 97.2 Å².